The molecule has 1 aromatic carbocycles. The molecule has 17 heavy (non-hydrogen) atoms. The van der Waals surface area contributed by atoms with E-state index in [0.717, 1.165) is 16.8 Å². The van der Waals surface area contributed by atoms with E-state index in [1.54, 1.807) is 6.20 Å². The van der Waals surface area contributed by atoms with Crippen LogP contribution in [0.3, 0.4) is 0 Å². The quantitative estimate of drug-likeness (QED) is 0.854. The fourth-order valence-corrected chi connectivity index (χ4v) is 1.94. The van der Waals surface area contributed by atoms with E-state index in [1.165, 1.54) is 11.1 Å². The summed E-state index contributed by atoms with van der Waals surface area (Å²) in [6.07, 6.45) is 1.79. The van der Waals surface area contributed by atoms with Crippen LogP contribution >= 0.6 is 0 Å². The smallest absolute Gasteiger partial charge is 0.0729 e. The minimum absolute atomic E-state index is 0.143. The van der Waals surface area contributed by atoms with Gasteiger partial charge in [0, 0.05) is 6.20 Å². The second kappa shape index (κ2) is 4.68. The van der Waals surface area contributed by atoms with Gasteiger partial charge in [0.15, 0.2) is 0 Å². The summed E-state index contributed by atoms with van der Waals surface area (Å²) in [5.41, 5.74) is 12.0. The van der Waals surface area contributed by atoms with Crippen LogP contribution in [-0.2, 0) is 0 Å². The summed E-state index contributed by atoms with van der Waals surface area (Å²) in [5.74, 6) is 0. The second-order valence-electron chi connectivity index (χ2n) is 4.53. The summed E-state index contributed by atoms with van der Waals surface area (Å²) in [4.78, 5) is 4.38. The summed E-state index contributed by atoms with van der Waals surface area (Å²) < 4.78 is 0. The minimum atomic E-state index is -0.143. The molecule has 2 nitrogen and oxygen atoms in total. The Bertz CT molecular complexity index is 532. The maximum Gasteiger partial charge on any atom is 0.0729 e. The number of benzene rings is 1. The maximum absolute atomic E-state index is 6.27. The Balaban J connectivity index is 2.40. The molecule has 0 spiro atoms. The lowest BCUT2D eigenvalue weighted by atomic mass is 9.97. The van der Waals surface area contributed by atoms with Gasteiger partial charge in [0.05, 0.1) is 11.7 Å². The van der Waals surface area contributed by atoms with Crippen LogP contribution in [0.15, 0.2) is 36.5 Å². The molecule has 2 rings (SSSR count). The standard InChI is InChI=1S/C15H18N2/c1-10-6-7-13(9-12(10)3)14(16)15-11(2)5-4-8-17-15/h4-9,14H,16H2,1-3H3. The van der Waals surface area contributed by atoms with Gasteiger partial charge in [0.25, 0.3) is 0 Å². The number of rotatable bonds is 2. The van der Waals surface area contributed by atoms with Crippen LogP contribution in [0.4, 0.5) is 0 Å². The Hall–Kier alpha value is -1.67. The van der Waals surface area contributed by atoms with Gasteiger partial charge in [0.2, 0.25) is 0 Å². The van der Waals surface area contributed by atoms with Crippen molar-refractivity contribution in [3.8, 4) is 0 Å². The van der Waals surface area contributed by atoms with Crippen molar-refractivity contribution < 1.29 is 0 Å². The fourth-order valence-electron chi connectivity index (χ4n) is 1.94. The highest BCUT2D eigenvalue weighted by Crippen LogP contribution is 2.22. The Labute approximate surface area is 103 Å². The number of aryl methyl sites for hydroxylation is 3. The molecule has 2 aromatic rings. The summed E-state index contributed by atoms with van der Waals surface area (Å²) in [5, 5.41) is 0. The Morgan fingerprint density at radius 2 is 1.76 bits per heavy atom. The molecule has 1 unspecified atom stereocenters. The number of pyridine rings is 1. The van der Waals surface area contributed by atoms with E-state index >= 15 is 0 Å². The van der Waals surface area contributed by atoms with Crippen molar-refractivity contribution >= 4 is 0 Å². The van der Waals surface area contributed by atoms with Crippen LogP contribution in [0.5, 0.6) is 0 Å². The number of nitrogens with two attached hydrogens (primary N) is 1. The molecule has 0 radical (unpaired) electrons. The first-order valence-electron chi connectivity index (χ1n) is 5.84. The minimum Gasteiger partial charge on any atom is -0.319 e. The molecule has 0 saturated heterocycles. The van der Waals surface area contributed by atoms with Crippen molar-refractivity contribution in [2.45, 2.75) is 26.8 Å². The van der Waals surface area contributed by atoms with Crippen LogP contribution in [0.25, 0.3) is 0 Å². The van der Waals surface area contributed by atoms with Crippen molar-refractivity contribution in [1.82, 2.24) is 4.98 Å². The number of hydrogen-bond donors (Lipinski definition) is 1. The van der Waals surface area contributed by atoms with Crippen molar-refractivity contribution in [1.29, 1.82) is 0 Å². The average molecular weight is 226 g/mol. The van der Waals surface area contributed by atoms with Crippen molar-refractivity contribution in [2.24, 2.45) is 5.73 Å². The largest absolute Gasteiger partial charge is 0.319 e. The topological polar surface area (TPSA) is 38.9 Å². The van der Waals surface area contributed by atoms with Crippen molar-refractivity contribution in [3.05, 3.63) is 64.5 Å². The molecule has 1 atom stereocenters. The van der Waals surface area contributed by atoms with Crippen LogP contribution < -0.4 is 5.73 Å². The third kappa shape index (κ3) is 2.37. The molecule has 0 fully saturated rings. The molecule has 0 saturated carbocycles. The first kappa shape index (κ1) is 11.8. The molecule has 0 aliphatic rings. The molecule has 2 heteroatoms. The van der Waals surface area contributed by atoms with Gasteiger partial charge in [-0.3, -0.25) is 4.98 Å². The molecule has 1 aromatic heterocycles. The van der Waals surface area contributed by atoms with Gasteiger partial charge in [-0.05, 0) is 49.1 Å². The molecular weight excluding hydrogens is 208 g/mol. The molecule has 0 bridgehead atoms. The zero-order valence-corrected chi connectivity index (χ0v) is 10.6. The first-order valence-corrected chi connectivity index (χ1v) is 5.84. The average Bonchev–Trinajstić information content (AvgIpc) is 2.32. The SMILES string of the molecule is Cc1ccc(C(N)c2ncccc2C)cc1C. The predicted octanol–water partition coefficient (Wildman–Crippen LogP) is 3.05. The lowest BCUT2D eigenvalue weighted by Gasteiger charge is -2.15. The predicted molar refractivity (Wildman–Crippen MR) is 70.9 cm³/mol. The van der Waals surface area contributed by atoms with Gasteiger partial charge in [-0.25, -0.2) is 0 Å². The number of hydrogen-bond acceptors (Lipinski definition) is 2. The van der Waals surface area contributed by atoms with Crippen LogP contribution in [0.2, 0.25) is 0 Å². The first-order chi connectivity index (χ1) is 8.09. The van der Waals surface area contributed by atoms with Gasteiger partial charge in [-0.15, -0.1) is 0 Å². The van der Waals surface area contributed by atoms with Gasteiger partial charge in [0.1, 0.15) is 0 Å². The number of nitrogens with zero attached hydrogens (tertiary/aromatic N) is 1. The van der Waals surface area contributed by atoms with E-state index in [9.17, 15) is 0 Å². The molecule has 0 aliphatic carbocycles. The third-order valence-electron chi connectivity index (χ3n) is 3.23. The lowest BCUT2D eigenvalue weighted by molar-refractivity contribution is 0.816. The Morgan fingerprint density at radius 3 is 2.41 bits per heavy atom. The van der Waals surface area contributed by atoms with E-state index in [-0.39, 0.29) is 6.04 Å². The normalized spacial score (nSPS) is 12.5. The lowest BCUT2D eigenvalue weighted by Crippen LogP contribution is -2.15. The molecular formula is C15H18N2. The van der Waals surface area contributed by atoms with Gasteiger partial charge in [-0.1, -0.05) is 24.3 Å². The van der Waals surface area contributed by atoms with E-state index in [0.29, 0.717) is 0 Å². The molecule has 0 aliphatic heterocycles. The van der Waals surface area contributed by atoms with Crippen molar-refractivity contribution in [2.75, 3.05) is 0 Å². The van der Waals surface area contributed by atoms with Gasteiger partial charge < -0.3 is 5.73 Å². The molecule has 1 heterocycles. The molecule has 88 valence electrons. The van der Waals surface area contributed by atoms with Crippen molar-refractivity contribution in [3.63, 3.8) is 0 Å². The van der Waals surface area contributed by atoms with Gasteiger partial charge >= 0.3 is 0 Å². The third-order valence-corrected chi connectivity index (χ3v) is 3.23. The van der Waals surface area contributed by atoms with Crippen LogP contribution in [0, 0.1) is 20.8 Å². The molecule has 0 amide bonds. The fraction of sp³-hybridized carbons (Fsp3) is 0.267. The zero-order valence-electron chi connectivity index (χ0n) is 10.6. The maximum atomic E-state index is 6.27. The highest BCUT2D eigenvalue weighted by molar-refractivity contribution is 5.36. The van der Waals surface area contributed by atoms with E-state index < -0.39 is 0 Å². The monoisotopic (exact) mass is 226 g/mol. The zero-order chi connectivity index (χ0) is 12.4. The highest BCUT2D eigenvalue weighted by atomic mass is 14.8. The summed E-state index contributed by atoms with van der Waals surface area (Å²) in [6, 6.07) is 10.2. The molecule has 2 N–H and O–H groups in total. The van der Waals surface area contributed by atoms with E-state index in [1.807, 2.05) is 19.1 Å². The summed E-state index contributed by atoms with van der Waals surface area (Å²) in [6.45, 7) is 6.26. The Kier molecular flexibility index (Phi) is 3.25. The van der Waals surface area contributed by atoms with Gasteiger partial charge in [-0.2, -0.15) is 0 Å². The van der Waals surface area contributed by atoms with E-state index in [2.05, 4.69) is 37.0 Å². The van der Waals surface area contributed by atoms with E-state index in [4.69, 9.17) is 5.73 Å². The van der Waals surface area contributed by atoms with Crippen LogP contribution in [0.1, 0.15) is 34.0 Å². The second-order valence-corrected chi connectivity index (χ2v) is 4.53. The van der Waals surface area contributed by atoms with Crippen LogP contribution in [-0.4, -0.2) is 4.98 Å². The summed E-state index contributed by atoms with van der Waals surface area (Å²) in [7, 11) is 0. The Morgan fingerprint density at radius 1 is 1.00 bits per heavy atom. The highest BCUT2D eigenvalue weighted by Gasteiger charge is 2.12. The summed E-state index contributed by atoms with van der Waals surface area (Å²) >= 11 is 0. The number of aromatic nitrogens is 1.